The highest BCUT2D eigenvalue weighted by Gasteiger charge is 2.32. The number of aryl methyl sites for hydroxylation is 1. The standard InChI is InChI=1S/C17H28N4O/c1-13-11-15(18-21(13)17(2,3)4)16(22)20-10-9-19-8-6-5-7-14(19)12-20/h11,14H,5-10,12H2,1-4H3/t14-/m1/s1. The third-order valence-corrected chi connectivity index (χ3v) is 4.87. The minimum atomic E-state index is -0.0926. The van der Waals surface area contributed by atoms with Crippen LogP contribution in [0, 0.1) is 6.92 Å². The van der Waals surface area contributed by atoms with Gasteiger partial charge in [-0.25, -0.2) is 0 Å². The Labute approximate surface area is 133 Å². The Morgan fingerprint density at radius 2 is 2.00 bits per heavy atom. The number of carbonyl (C=O) groups excluding carboxylic acids is 1. The smallest absolute Gasteiger partial charge is 0.274 e. The fourth-order valence-electron chi connectivity index (χ4n) is 3.76. The molecule has 3 heterocycles. The lowest BCUT2D eigenvalue weighted by molar-refractivity contribution is 0.0367. The second-order valence-corrected chi connectivity index (χ2v) is 7.69. The van der Waals surface area contributed by atoms with E-state index in [1.54, 1.807) is 0 Å². The maximum atomic E-state index is 12.8. The SMILES string of the molecule is Cc1cc(C(=O)N2CCN3CCCC[C@@H]3C2)nn1C(C)(C)C. The second kappa shape index (κ2) is 5.69. The monoisotopic (exact) mass is 304 g/mol. The van der Waals surface area contributed by atoms with E-state index in [1.165, 1.54) is 25.8 Å². The van der Waals surface area contributed by atoms with E-state index < -0.39 is 0 Å². The van der Waals surface area contributed by atoms with E-state index in [2.05, 4.69) is 30.8 Å². The molecule has 22 heavy (non-hydrogen) atoms. The third kappa shape index (κ3) is 2.91. The maximum absolute atomic E-state index is 12.8. The van der Waals surface area contributed by atoms with Gasteiger partial charge in [-0.05, 0) is 53.1 Å². The van der Waals surface area contributed by atoms with Crippen LogP contribution in [0.2, 0.25) is 0 Å². The summed E-state index contributed by atoms with van der Waals surface area (Å²) in [6.07, 6.45) is 3.82. The summed E-state index contributed by atoms with van der Waals surface area (Å²) in [6.45, 7) is 12.3. The lowest BCUT2D eigenvalue weighted by Gasteiger charge is -2.43. The number of piperidine rings is 1. The first kappa shape index (κ1) is 15.5. The highest BCUT2D eigenvalue weighted by atomic mass is 16.2. The molecule has 2 aliphatic rings. The Morgan fingerprint density at radius 1 is 1.23 bits per heavy atom. The van der Waals surface area contributed by atoms with Gasteiger partial charge >= 0.3 is 0 Å². The Morgan fingerprint density at radius 3 is 2.68 bits per heavy atom. The molecule has 122 valence electrons. The van der Waals surface area contributed by atoms with E-state index >= 15 is 0 Å². The van der Waals surface area contributed by atoms with Crippen molar-refractivity contribution in [2.45, 2.75) is 58.5 Å². The molecule has 1 amide bonds. The number of hydrogen-bond acceptors (Lipinski definition) is 3. The first-order valence-corrected chi connectivity index (χ1v) is 8.47. The zero-order valence-corrected chi connectivity index (χ0v) is 14.3. The number of aromatic nitrogens is 2. The van der Waals surface area contributed by atoms with E-state index in [0.29, 0.717) is 11.7 Å². The average Bonchev–Trinajstić information content (AvgIpc) is 2.88. The van der Waals surface area contributed by atoms with Gasteiger partial charge in [-0.3, -0.25) is 14.4 Å². The predicted molar refractivity (Wildman–Crippen MR) is 87.1 cm³/mol. The summed E-state index contributed by atoms with van der Waals surface area (Å²) in [7, 11) is 0. The largest absolute Gasteiger partial charge is 0.334 e. The summed E-state index contributed by atoms with van der Waals surface area (Å²) in [4.78, 5) is 17.3. The summed E-state index contributed by atoms with van der Waals surface area (Å²) in [5.41, 5.74) is 1.55. The molecule has 2 aliphatic heterocycles. The highest BCUT2D eigenvalue weighted by molar-refractivity contribution is 5.92. The molecule has 1 aromatic heterocycles. The zero-order valence-electron chi connectivity index (χ0n) is 14.3. The van der Waals surface area contributed by atoms with Crippen molar-refractivity contribution >= 4 is 5.91 Å². The minimum Gasteiger partial charge on any atom is -0.334 e. The van der Waals surface area contributed by atoms with Crippen LogP contribution in [0.5, 0.6) is 0 Å². The van der Waals surface area contributed by atoms with Gasteiger partial charge in [0.05, 0.1) is 5.54 Å². The summed E-state index contributed by atoms with van der Waals surface area (Å²) >= 11 is 0. The van der Waals surface area contributed by atoms with Gasteiger partial charge < -0.3 is 4.90 Å². The van der Waals surface area contributed by atoms with E-state index in [4.69, 9.17) is 0 Å². The Bertz CT molecular complexity index is 557. The Balaban J connectivity index is 1.74. The van der Waals surface area contributed by atoms with Gasteiger partial charge in [-0.2, -0.15) is 5.10 Å². The highest BCUT2D eigenvalue weighted by Crippen LogP contribution is 2.23. The van der Waals surface area contributed by atoms with Crippen molar-refractivity contribution < 1.29 is 4.79 Å². The fourth-order valence-corrected chi connectivity index (χ4v) is 3.76. The number of amides is 1. The average molecular weight is 304 g/mol. The summed E-state index contributed by atoms with van der Waals surface area (Å²) in [6, 6.07) is 2.48. The molecule has 1 aromatic rings. The number of fused-ring (bicyclic) bond motifs is 1. The third-order valence-electron chi connectivity index (χ3n) is 4.87. The topological polar surface area (TPSA) is 41.4 Å². The quantitative estimate of drug-likeness (QED) is 0.799. The molecule has 0 unspecified atom stereocenters. The van der Waals surface area contributed by atoms with E-state index in [0.717, 1.165) is 25.3 Å². The van der Waals surface area contributed by atoms with Crippen molar-refractivity contribution in [1.82, 2.24) is 19.6 Å². The molecule has 2 saturated heterocycles. The van der Waals surface area contributed by atoms with Gasteiger partial charge in [0.15, 0.2) is 5.69 Å². The molecule has 0 radical (unpaired) electrons. The van der Waals surface area contributed by atoms with Gasteiger partial charge in [0, 0.05) is 31.4 Å². The normalized spacial score (nSPS) is 23.5. The van der Waals surface area contributed by atoms with Crippen LogP contribution >= 0.6 is 0 Å². The summed E-state index contributed by atoms with van der Waals surface area (Å²) < 4.78 is 1.96. The molecule has 0 aliphatic carbocycles. The first-order valence-electron chi connectivity index (χ1n) is 8.47. The maximum Gasteiger partial charge on any atom is 0.274 e. The number of rotatable bonds is 1. The minimum absolute atomic E-state index is 0.0926. The predicted octanol–water partition coefficient (Wildman–Crippen LogP) is 2.26. The van der Waals surface area contributed by atoms with E-state index in [-0.39, 0.29) is 11.4 Å². The van der Waals surface area contributed by atoms with Gasteiger partial charge in [0.1, 0.15) is 0 Å². The molecule has 5 heteroatoms. The van der Waals surface area contributed by atoms with Crippen molar-refractivity contribution in [3.8, 4) is 0 Å². The number of piperazine rings is 1. The van der Waals surface area contributed by atoms with Crippen molar-refractivity contribution in [1.29, 1.82) is 0 Å². The molecule has 0 bridgehead atoms. The molecule has 0 saturated carbocycles. The van der Waals surface area contributed by atoms with Crippen LogP contribution in [0.3, 0.4) is 0 Å². The second-order valence-electron chi connectivity index (χ2n) is 7.69. The molecule has 0 aromatic carbocycles. The van der Waals surface area contributed by atoms with Gasteiger partial charge in [-0.15, -0.1) is 0 Å². The van der Waals surface area contributed by atoms with Gasteiger partial charge in [-0.1, -0.05) is 6.42 Å². The van der Waals surface area contributed by atoms with E-state index in [1.807, 2.05) is 22.6 Å². The molecule has 2 fully saturated rings. The summed E-state index contributed by atoms with van der Waals surface area (Å²) in [5, 5.41) is 4.57. The van der Waals surface area contributed by atoms with Crippen LogP contribution in [-0.4, -0.2) is 57.7 Å². The van der Waals surface area contributed by atoms with Crippen molar-refractivity contribution in [2.24, 2.45) is 0 Å². The summed E-state index contributed by atoms with van der Waals surface area (Å²) in [5.74, 6) is 0.0938. The van der Waals surface area contributed by atoms with Crippen molar-refractivity contribution in [3.05, 3.63) is 17.5 Å². The van der Waals surface area contributed by atoms with Gasteiger partial charge in [0.2, 0.25) is 0 Å². The Kier molecular flexibility index (Phi) is 4.02. The zero-order chi connectivity index (χ0) is 15.9. The molecular formula is C17H28N4O. The van der Waals surface area contributed by atoms with Crippen LogP contribution in [0.1, 0.15) is 56.2 Å². The first-order chi connectivity index (χ1) is 10.4. The fraction of sp³-hybridized carbons (Fsp3) is 0.765. The molecular weight excluding hydrogens is 276 g/mol. The van der Waals surface area contributed by atoms with Crippen LogP contribution in [0.4, 0.5) is 0 Å². The number of carbonyl (C=O) groups is 1. The molecule has 0 spiro atoms. The van der Waals surface area contributed by atoms with Crippen LogP contribution < -0.4 is 0 Å². The molecule has 1 atom stereocenters. The van der Waals surface area contributed by atoms with Crippen LogP contribution in [0.25, 0.3) is 0 Å². The number of hydrogen-bond donors (Lipinski definition) is 0. The van der Waals surface area contributed by atoms with Gasteiger partial charge in [0.25, 0.3) is 5.91 Å². The Hall–Kier alpha value is -1.36. The van der Waals surface area contributed by atoms with Crippen LogP contribution in [0.15, 0.2) is 6.07 Å². The number of nitrogens with zero attached hydrogens (tertiary/aromatic N) is 4. The van der Waals surface area contributed by atoms with Crippen molar-refractivity contribution in [3.63, 3.8) is 0 Å². The lowest BCUT2D eigenvalue weighted by atomic mass is 9.99. The van der Waals surface area contributed by atoms with Crippen molar-refractivity contribution in [2.75, 3.05) is 26.2 Å². The lowest BCUT2D eigenvalue weighted by Crippen LogP contribution is -2.56. The van der Waals surface area contributed by atoms with E-state index in [9.17, 15) is 4.79 Å². The molecule has 5 nitrogen and oxygen atoms in total. The molecule has 0 N–H and O–H groups in total. The van der Waals surface area contributed by atoms with Crippen LogP contribution in [-0.2, 0) is 5.54 Å². The molecule has 3 rings (SSSR count).